The quantitative estimate of drug-likeness (QED) is 0.805. The third-order valence-corrected chi connectivity index (χ3v) is 3.37. The molecule has 5 nitrogen and oxygen atoms in total. The SMILES string of the molecule is CCOC(=O)c1cncn1CCC1CCCNC1. The van der Waals surface area contributed by atoms with Gasteiger partial charge < -0.3 is 14.6 Å². The molecule has 0 bridgehead atoms. The molecule has 1 aliphatic heterocycles. The number of carbonyl (C=O) groups excluding carboxylic acids is 1. The summed E-state index contributed by atoms with van der Waals surface area (Å²) in [5.74, 6) is 0.424. The Labute approximate surface area is 108 Å². The van der Waals surface area contributed by atoms with Crippen LogP contribution in [0.15, 0.2) is 12.5 Å². The van der Waals surface area contributed by atoms with Crippen molar-refractivity contribution in [2.24, 2.45) is 5.92 Å². The maximum Gasteiger partial charge on any atom is 0.356 e. The molecule has 100 valence electrons. The van der Waals surface area contributed by atoms with Crippen LogP contribution in [0.4, 0.5) is 0 Å². The number of hydrogen-bond donors (Lipinski definition) is 1. The number of nitrogens with zero attached hydrogens (tertiary/aromatic N) is 2. The zero-order valence-electron chi connectivity index (χ0n) is 10.9. The number of piperidine rings is 1. The van der Waals surface area contributed by atoms with Crippen molar-refractivity contribution in [2.45, 2.75) is 32.7 Å². The fourth-order valence-electron chi connectivity index (χ4n) is 2.37. The normalized spacial score (nSPS) is 19.7. The summed E-state index contributed by atoms with van der Waals surface area (Å²) in [6, 6.07) is 0. The summed E-state index contributed by atoms with van der Waals surface area (Å²) in [5, 5.41) is 3.41. The first-order chi connectivity index (χ1) is 8.81. The van der Waals surface area contributed by atoms with Crippen LogP contribution in [0.1, 0.15) is 36.7 Å². The number of carbonyl (C=O) groups is 1. The third-order valence-electron chi connectivity index (χ3n) is 3.37. The van der Waals surface area contributed by atoms with E-state index < -0.39 is 0 Å². The Morgan fingerprint density at radius 2 is 2.56 bits per heavy atom. The van der Waals surface area contributed by atoms with Crippen LogP contribution in [-0.2, 0) is 11.3 Å². The molecule has 1 unspecified atom stereocenters. The molecule has 0 spiro atoms. The van der Waals surface area contributed by atoms with Gasteiger partial charge in [-0.25, -0.2) is 9.78 Å². The Morgan fingerprint density at radius 3 is 3.28 bits per heavy atom. The van der Waals surface area contributed by atoms with Gasteiger partial charge >= 0.3 is 5.97 Å². The predicted octanol–water partition coefficient (Wildman–Crippen LogP) is 1.45. The minimum Gasteiger partial charge on any atom is -0.461 e. The lowest BCUT2D eigenvalue weighted by molar-refractivity contribution is 0.0513. The zero-order valence-corrected chi connectivity index (χ0v) is 10.9. The first kappa shape index (κ1) is 13.1. The molecule has 5 heteroatoms. The van der Waals surface area contributed by atoms with Crippen molar-refractivity contribution >= 4 is 5.97 Å². The highest BCUT2D eigenvalue weighted by Crippen LogP contribution is 2.15. The average Bonchev–Trinajstić information content (AvgIpc) is 2.86. The van der Waals surface area contributed by atoms with Crippen LogP contribution in [0.2, 0.25) is 0 Å². The van der Waals surface area contributed by atoms with E-state index in [9.17, 15) is 4.79 Å². The van der Waals surface area contributed by atoms with Gasteiger partial charge in [0.05, 0.1) is 19.1 Å². The molecule has 0 aliphatic carbocycles. The lowest BCUT2D eigenvalue weighted by atomic mass is 9.96. The number of aryl methyl sites for hydroxylation is 1. The molecular weight excluding hydrogens is 230 g/mol. The van der Waals surface area contributed by atoms with Gasteiger partial charge in [-0.3, -0.25) is 0 Å². The van der Waals surface area contributed by atoms with Gasteiger partial charge in [0.1, 0.15) is 5.69 Å². The van der Waals surface area contributed by atoms with Crippen molar-refractivity contribution < 1.29 is 9.53 Å². The highest BCUT2D eigenvalue weighted by Gasteiger charge is 2.16. The second-order valence-electron chi connectivity index (χ2n) is 4.69. The second kappa shape index (κ2) is 6.54. The van der Waals surface area contributed by atoms with E-state index in [4.69, 9.17) is 4.74 Å². The van der Waals surface area contributed by atoms with E-state index in [1.807, 2.05) is 11.5 Å². The Kier molecular flexibility index (Phi) is 4.75. The van der Waals surface area contributed by atoms with E-state index in [0.29, 0.717) is 18.2 Å². The van der Waals surface area contributed by atoms with Gasteiger partial charge in [0.15, 0.2) is 0 Å². The first-order valence-corrected chi connectivity index (χ1v) is 6.69. The summed E-state index contributed by atoms with van der Waals surface area (Å²) in [4.78, 5) is 15.7. The van der Waals surface area contributed by atoms with Gasteiger partial charge in [0.2, 0.25) is 0 Å². The maximum absolute atomic E-state index is 11.7. The highest BCUT2D eigenvalue weighted by molar-refractivity contribution is 5.87. The molecule has 2 rings (SSSR count). The molecule has 18 heavy (non-hydrogen) atoms. The summed E-state index contributed by atoms with van der Waals surface area (Å²) >= 11 is 0. The van der Waals surface area contributed by atoms with E-state index >= 15 is 0 Å². The molecule has 0 saturated carbocycles. The van der Waals surface area contributed by atoms with Crippen LogP contribution >= 0.6 is 0 Å². The highest BCUT2D eigenvalue weighted by atomic mass is 16.5. The van der Waals surface area contributed by atoms with E-state index in [1.54, 1.807) is 12.5 Å². The minimum atomic E-state index is -0.281. The lowest BCUT2D eigenvalue weighted by Crippen LogP contribution is -2.30. The van der Waals surface area contributed by atoms with Crippen LogP contribution in [0.5, 0.6) is 0 Å². The number of hydrogen-bond acceptors (Lipinski definition) is 4. The molecule has 1 aromatic heterocycles. The summed E-state index contributed by atoms with van der Waals surface area (Å²) in [7, 11) is 0. The standard InChI is InChI=1S/C13H21N3O2/c1-2-18-13(17)12-9-15-10-16(12)7-5-11-4-3-6-14-8-11/h9-11,14H,2-8H2,1H3. The Morgan fingerprint density at radius 1 is 1.67 bits per heavy atom. The van der Waals surface area contributed by atoms with Crippen molar-refractivity contribution in [1.29, 1.82) is 0 Å². The van der Waals surface area contributed by atoms with Gasteiger partial charge in [-0.1, -0.05) is 0 Å². The zero-order chi connectivity index (χ0) is 12.8. The molecule has 1 atom stereocenters. The number of aromatic nitrogens is 2. The fourth-order valence-corrected chi connectivity index (χ4v) is 2.37. The van der Waals surface area contributed by atoms with Crippen LogP contribution in [0.3, 0.4) is 0 Å². The molecule has 1 aromatic rings. The number of esters is 1. The molecule has 1 aliphatic rings. The van der Waals surface area contributed by atoms with Gasteiger partial charge in [-0.2, -0.15) is 0 Å². The Hall–Kier alpha value is -1.36. The molecule has 0 radical (unpaired) electrons. The topological polar surface area (TPSA) is 56.1 Å². The summed E-state index contributed by atoms with van der Waals surface area (Å²) in [6.07, 6.45) is 6.89. The molecular formula is C13H21N3O2. The van der Waals surface area contributed by atoms with Crippen LogP contribution in [0.25, 0.3) is 0 Å². The largest absolute Gasteiger partial charge is 0.461 e. The summed E-state index contributed by atoms with van der Waals surface area (Å²) in [6.45, 7) is 5.27. The molecule has 2 heterocycles. The predicted molar refractivity (Wildman–Crippen MR) is 68.4 cm³/mol. The number of imidazole rings is 1. The third kappa shape index (κ3) is 3.32. The maximum atomic E-state index is 11.7. The minimum absolute atomic E-state index is 0.281. The number of rotatable bonds is 5. The monoisotopic (exact) mass is 251 g/mol. The van der Waals surface area contributed by atoms with E-state index in [0.717, 1.165) is 26.1 Å². The van der Waals surface area contributed by atoms with Crippen LogP contribution in [-0.4, -0.2) is 35.2 Å². The van der Waals surface area contributed by atoms with Crippen molar-refractivity contribution in [3.8, 4) is 0 Å². The fraction of sp³-hybridized carbons (Fsp3) is 0.692. The molecule has 1 N–H and O–H groups in total. The van der Waals surface area contributed by atoms with Crippen LogP contribution in [0, 0.1) is 5.92 Å². The summed E-state index contributed by atoms with van der Waals surface area (Å²) < 4.78 is 6.90. The van der Waals surface area contributed by atoms with Crippen molar-refractivity contribution in [3.05, 3.63) is 18.2 Å². The Balaban J connectivity index is 1.88. The second-order valence-corrected chi connectivity index (χ2v) is 4.69. The number of nitrogens with one attached hydrogen (secondary N) is 1. The van der Waals surface area contributed by atoms with Gasteiger partial charge in [-0.15, -0.1) is 0 Å². The lowest BCUT2D eigenvalue weighted by Gasteiger charge is -2.22. The van der Waals surface area contributed by atoms with E-state index in [2.05, 4.69) is 10.3 Å². The van der Waals surface area contributed by atoms with Crippen molar-refractivity contribution in [2.75, 3.05) is 19.7 Å². The number of ether oxygens (including phenoxy) is 1. The molecule has 0 aromatic carbocycles. The van der Waals surface area contributed by atoms with Crippen molar-refractivity contribution in [3.63, 3.8) is 0 Å². The van der Waals surface area contributed by atoms with Gasteiger partial charge in [0.25, 0.3) is 0 Å². The molecule has 0 amide bonds. The van der Waals surface area contributed by atoms with Crippen LogP contribution < -0.4 is 5.32 Å². The van der Waals surface area contributed by atoms with Gasteiger partial charge in [0, 0.05) is 6.54 Å². The van der Waals surface area contributed by atoms with E-state index in [-0.39, 0.29) is 5.97 Å². The van der Waals surface area contributed by atoms with E-state index in [1.165, 1.54) is 12.8 Å². The first-order valence-electron chi connectivity index (χ1n) is 6.69. The van der Waals surface area contributed by atoms with Crippen molar-refractivity contribution in [1.82, 2.24) is 14.9 Å². The molecule has 1 saturated heterocycles. The summed E-state index contributed by atoms with van der Waals surface area (Å²) in [5.41, 5.74) is 0.556. The average molecular weight is 251 g/mol. The Bertz CT molecular complexity index is 383. The van der Waals surface area contributed by atoms with Gasteiger partial charge in [-0.05, 0) is 45.2 Å². The molecule has 1 fully saturated rings. The smallest absolute Gasteiger partial charge is 0.356 e.